The van der Waals surface area contributed by atoms with Gasteiger partial charge in [0.15, 0.2) is 0 Å². The Morgan fingerprint density at radius 2 is 1.87 bits per heavy atom. The molecular formula is C23H24ClN3O3. The van der Waals surface area contributed by atoms with Crippen LogP contribution >= 0.6 is 11.6 Å². The Morgan fingerprint density at radius 3 is 2.50 bits per heavy atom. The SMILES string of the molecule is CCc1ccc(N2C[C@@H](C(=O)Nc3ccc(N4CCCC4=O)c(Cl)c3)CC2=O)cc1. The Balaban J connectivity index is 1.42. The van der Waals surface area contributed by atoms with Gasteiger partial charge in [-0.3, -0.25) is 14.4 Å². The van der Waals surface area contributed by atoms with Gasteiger partial charge in [-0.2, -0.15) is 0 Å². The molecule has 0 unspecified atom stereocenters. The maximum absolute atomic E-state index is 12.7. The molecule has 1 N–H and O–H groups in total. The smallest absolute Gasteiger partial charge is 0.229 e. The van der Waals surface area contributed by atoms with Crippen molar-refractivity contribution in [2.45, 2.75) is 32.6 Å². The number of aryl methyl sites for hydroxylation is 1. The molecule has 2 heterocycles. The van der Waals surface area contributed by atoms with Crippen molar-refractivity contribution in [1.82, 2.24) is 0 Å². The lowest BCUT2D eigenvalue weighted by molar-refractivity contribution is -0.122. The summed E-state index contributed by atoms with van der Waals surface area (Å²) in [4.78, 5) is 40.5. The van der Waals surface area contributed by atoms with Crippen molar-refractivity contribution >= 4 is 46.4 Å². The first-order valence-corrected chi connectivity index (χ1v) is 10.6. The Morgan fingerprint density at radius 1 is 1.10 bits per heavy atom. The lowest BCUT2D eigenvalue weighted by Crippen LogP contribution is -2.28. The second kappa shape index (κ2) is 8.48. The standard InChI is InChI=1S/C23H24ClN3O3/c1-2-15-5-8-18(9-6-15)27-14-16(12-22(27)29)23(30)25-17-7-10-20(19(24)13-17)26-11-3-4-21(26)28/h5-10,13,16H,2-4,11-12,14H2,1H3,(H,25,30)/t16-/m0/s1. The van der Waals surface area contributed by atoms with E-state index in [0.29, 0.717) is 35.9 Å². The van der Waals surface area contributed by atoms with Crippen LogP contribution in [0.25, 0.3) is 0 Å². The van der Waals surface area contributed by atoms with Crippen molar-refractivity contribution in [2.24, 2.45) is 5.92 Å². The third kappa shape index (κ3) is 4.05. The fourth-order valence-electron chi connectivity index (χ4n) is 4.00. The summed E-state index contributed by atoms with van der Waals surface area (Å²) in [6, 6.07) is 13.0. The average Bonchev–Trinajstić information content (AvgIpc) is 3.34. The van der Waals surface area contributed by atoms with E-state index in [1.165, 1.54) is 5.56 Å². The van der Waals surface area contributed by atoms with Crippen molar-refractivity contribution in [3.63, 3.8) is 0 Å². The molecule has 3 amide bonds. The van der Waals surface area contributed by atoms with E-state index < -0.39 is 5.92 Å². The minimum absolute atomic E-state index is 0.0553. The summed E-state index contributed by atoms with van der Waals surface area (Å²) >= 11 is 6.36. The van der Waals surface area contributed by atoms with Gasteiger partial charge in [-0.25, -0.2) is 0 Å². The van der Waals surface area contributed by atoms with Crippen LogP contribution in [0.3, 0.4) is 0 Å². The van der Waals surface area contributed by atoms with E-state index in [4.69, 9.17) is 11.6 Å². The Bertz CT molecular complexity index is 990. The number of amides is 3. The lowest BCUT2D eigenvalue weighted by Gasteiger charge is -2.19. The second-order valence-corrected chi connectivity index (χ2v) is 8.14. The molecule has 2 saturated heterocycles. The summed E-state index contributed by atoms with van der Waals surface area (Å²) in [6.07, 6.45) is 2.46. The van der Waals surface area contributed by atoms with Crippen LogP contribution < -0.4 is 15.1 Å². The summed E-state index contributed by atoms with van der Waals surface area (Å²) in [7, 11) is 0. The number of hydrogen-bond acceptors (Lipinski definition) is 3. The largest absolute Gasteiger partial charge is 0.326 e. The molecule has 30 heavy (non-hydrogen) atoms. The van der Waals surface area contributed by atoms with E-state index in [-0.39, 0.29) is 24.1 Å². The maximum atomic E-state index is 12.7. The van der Waals surface area contributed by atoms with E-state index in [0.717, 1.165) is 18.5 Å². The highest BCUT2D eigenvalue weighted by Gasteiger charge is 2.35. The molecule has 0 spiro atoms. The molecule has 0 saturated carbocycles. The highest BCUT2D eigenvalue weighted by molar-refractivity contribution is 6.34. The van der Waals surface area contributed by atoms with E-state index in [1.807, 2.05) is 24.3 Å². The maximum Gasteiger partial charge on any atom is 0.229 e. The van der Waals surface area contributed by atoms with Crippen LogP contribution in [0.1, 0.15) is 31.7 Å². The van der Waals surface area contributed by atoms with Gasteiger partial charge in [0.25, 0.3) is 0 Å². The van der Waals surface area contributed by atoms with Crippen molar-refractivity contribution in [3.05, 3.63) is 53.1 Å². The molecule has 7 heteroatoms. The molecule has 2 aromatic rings. The van der Waals surface area contributed by atoms with Gasteiger partial charge in [-0.15, -0.1) is 0 Å². The fraction of sp³-hybridized carbons (Fsp3) is 0.348. The first-order chi connectivity index (χ1) is 14.5. The molecule has 0 aromatic heterocycles. The third-order valence-electron chi connectivity index (χ3n) is 5.73. The summed E-state index contributed by atoms with van der Waals surface area (Å²) in [5, 5.41) is 3.28. The zero-order chi connectivity index (χ0) is 21.3. The zero-order valence-electron chi connectivity index (χ0n) is 16.9. The summed E-state index contributed by atoms with van der Waals surface area (Å²) < 4.78 is 0. The zero-order valence-corrected chi connectivity index (χ0v) is 17.6. The van der Waals surface area contributed by atoms with Gasteiger partial charge in [0.2, 0.25) is 17.7 Å². The topological polar surface area (TPSA) is 69.7 Å². The van der Waals surface area contributed by atoms with Gasteiger partial charge < -0.3 is 15.1 Å². The number of hydrogen-bond donors (Lipinski definition) is 1. The van der Waals surface area contributed by atoms with Gasteiger partial charge in [-0.05, 0) is 48.7 Å². The first-order valence-electron chi connectivity index (χ1n) is 10.3. The summed E-state index contributed by atoms with van der Waals surface area (Å²) in [6.45, 7) is 3.09. The van der Waals surface area contributed by atoms with Crippen LogP contribution in [0.2, 0.25) is 5.02 Å². The summed E-state index contributed by atoms with van der Waals surface area (Å²) in [5.41, 5.74) is 3.24. The lowest BCUT2D eigenvalue weighted by atomic mass is 10.1. The minimum Gasteiger partial charge on any atom is -0.326 e. The Kier molecular flexibility index (Phi) is 5.77. The molecule has 0 aliphatic carbocycles. The highest BCUT2D eigenvalue weighted by Crippen LogP contribution is 2.32. The van der Waals surface area contributed by atoms with Gasteiger partial charge in [0, 0.05) is 37.3 Å². The number of benzene rings is 2. The number of rotatable bonds is 5. The number of halogens is 1. The quantitative estimate of drug-likeness (QED) is 0.786. The normalized spacial score (nSPS) is 18.9. The molecule has 0 radical (unpaired) electrons. The van der Waals surface area contributed by atoms with Crippen LogP contribution in [0, 0.1) is 5.92 Å². The number of carbonyl (C=O) groups is 3. The van der Waals surface area contributed by atoms with Crippen molar-refractivity contribution < 1.29 is 14.4 Å². The van der Waals surface area contributed by atoms with Gasteiger partial charge in [0.05, 0.1) is 16.6 Å². The van der Waals surface area contributed by atoms with E-state index >= 15 is 0 Å². The average molecular weight is 426 g/mol. The van der Waals surface area contributed by atoms with Crippen LogP contribution in [-0.4, -0.2) is 30.8 Å². The minimum atomic E-state index is -0.429. The molecule has 2 fully saturated rings. The van der Waals surface area contributed by atoms with Crippen LogP contribution in [0.4, 0.5) is 17.1 Å². The van der Waals surface area contributed by atoms with Gasteiger partial charge in [0.1, 0.15) is 0 Å². The van der Waals surface area contributed by atoms with Gasteiger partial charge >= 0.3 is 0 Å². The Labute approximate surface area is 180 Å². The fourth-order valence-corrected chi connectivity index (χ4v) is 4.28. The van der Waals surface area contributed by atoms with Crippen LogP contribution in [0.5, 0.6) is 0 Å². The molecule has 2 aliphatic heterocycles. The number of nitrogens with zero attached hydrogens (tertiary/aromatic N) is 2. The monoisotopic (exact) mass is 425 g/mol. The molecule has 0 bridgehead atoms. The predicted molar refractivity (Wildman–Crippen MR) is 118 cm³/mol. The van der Waals surface area contributed by atoms with Crippen molar-refractivity contribution in [3.8, 4) is 0 Å². The third-order valence-corrected chi connectivity index (χ3v) is 6.03. The molecular weight excluding hydrogens is 402 g/mol. The molecule has 156 valence electrons. The second-order valence-electron chi connectivity index (χ2n) is 7.73. The van der Waals surface area contributed by atoms with Crippen LogP contribution in [0.15, 0.2) is 42.5 Å². The molecule has 6 nitrogen and oxygen atoms in total. The van der Waals surface area contributed by atoms with Gasteiger partial charge in [-0.1, -0.05) is 30.7 Å². The van der Waals surface area contributed by atoms with Crippen LogP contribution in [-0.2, 0) is 20.8 Å². The van der Waals surface area contributed by atoms with Crippen molar-refractivity contribution in [1.29, 1.82) is 0 Å². The molecule has 4 rings (SSSR count). The van der Waals surface area contributed by atoms with E-state index in [1.54, 1.807) is 28.0 Å². The van der Waals surface area contributed by atoms with E-state index in [2.05, 4.69) is 12.2 Å². The number of anilines is 3. The van der Waals surface area contributed by atoms with Crippen molar-refractivity contribution in [2.75, 3.05) is 28.2 Å². The molecule has 1 atom stereocenters. The Hall–Kier alpha value is -2.86. The summed E-state index contributed by atoms with van der Waals surface area (Å²) in [5.74, 6) is -0.635. The molecule has 2 aliphatic rings. The van der Waals surface area contributed by atoms with E-state index in [9.17, 15) is 14.4 Å². The number of carbonyl (C=O) groups excluding carboxylic acids is 3. The first kappa shape index (κ1) is 20.4. The molecule has 2 aromatic carbocycles. The number of nitrogens with one attached hydrogen (secondary N) is 1. The predicted octanol–water partition coefficient (Wildman–Crippen LogP) is 4.02. The highest BCUT2D eigenvalue weighted by atomic mass is 35.5.